The van der Waals surface area contributed by atoms with Gasteiger partial charge in [-0.1, -0.05) is 6.92 Å². The van der Waals surface area contributed by atoms with E-state index >= 15 is 0 Å². The minimum Gasteiger partial charge on any atom is -0.368 e. The fourth-order valence-electron chi connectivity index (χ4n) is 2.01. The Bertz CT molecular complexity index is 410. The molecule has 1 unspecified atom stereocenters. The summed E-state index contributed by atoms with van der Waals surface area (Å²) >= 11 is 0. The largest absolute Gasteiger partial charge is 0.368 e. The summed E-state index contributed by atoms with van der Waals surface area (Å²) in [5.74, 6) is 0.676. The van der Waals surface area contributed by atoms with Crippen molar-refractivity contribution in [1.29, 1.82) is 0 Å². The third kappa shape index (κ3) is 2.66. The van der Waals surface area contributed by atoms with E-state index in [1.54, 1.807) is 6.20 Å². The van der Waals surface area contributed by atoms with Crippen LogP contribution >= 0.6 is 0 Å². The Hall–Kier alpha value is -1.36. The molecule has 1 saturated carbocycles. The summed E-state index contributed by atoms with van der Waals surface area (Å²) in [5, 5.41) is 3.33. The quantitative estimate of drug-likeness (QED) is 0.753. The van der Waals surface area contributed by atoms with Gasteiger partial charge in [-0.15, -0.1) is 0 Å². The van der Waals surface area contributed by atoms with Gasteiger partial charge in [-0.05, 0) is 19.8 Å². The molecule has 0 bridgehead atoms. The number of hydrogen-bond donors (Lipinski definition) is 2. The number of rotatable bonds is 6. The van der Waals surface area contributed by atoms with Crippen LogP contribution in [0.2, 0.25) is 0 Å². The molecule has 1 amide bonds. The first-order chi connectivity index (χ1) is 8.05. The summed E-state index contributed by atoms with van der Waals surface area (Å²) in [6.45, 7) is 4.46. The van der Waals surface area contributed by atoms with Gasteiger partial charge in [0.15, 0.2) is 0 Å². The molecule has 1 aliphatic rings. The zero-order valence-corrected chi connectivity index (χ0v) is 10.4. The molecule has 0 aliphatic heterocycles. The molecule has 0 aromatic carbocycles. The van der Waals surface area contributed by atoms with E-state index in [-0.39, 0.29) is 5.91 Å². The van der Waals surface area contributed by atoms with Crippen LogP contribution in [0.15, 0.2) is 12.4 Å². The molecule has 17 heavy (non-hydrogen) atoms. The molecule has 5 heteroatoms. The van der Waals surface area contributed by atoms with Gasteiger partial charge in [-0.25, -0.2) is 4.98 Å². The lowest BCUT2D eigenvalue weighted by atomic mass is 10.0. The molecule has 1 heterocycles. The molecule has 1 aromatic heterocycles. The highest BCUT2D eigenvalue weighted by atomic mass is 16.1. The molecule has 0 radical (unpaired) electrons. The van der Waals surface area contributed by atoms with Crippen molar-refractivity contribution < 1.29 is 4.79 Å². The van der Waals surface area contributed by atoms with Crippen molar-refractivity contribution in [2.75, 3.05) is 0 Å². The van der Waals surface area contributed by atoms with Gasteiger partial charge in [0, 0.05) is 24.9 Å². The van der Waals surface area contributed by atoms with Crippen LogP contribution in [-0.4, -0.2) is 27.0 Å². The van der Waals surface area contributed by atoms with E-state index in [0.717, 1.165) is 25.1 Å². The number of amides is 1. The highest BCUT2D eigenvalue weighted by molar-refractivity contribution is 5.84. The second-order valence-corrected chi connectivity index (χ2v) is 4.94. The van der Waals surface area contributed by atoms with Crippen molar-refractivity contribution in [3.8, 4) is 0 Å². The van der Waals surface area contributed by atoms with E-state index in [1.165, 1.54) is 0 Å². The zero-order chi connectivity index (χ0) is 12.5. The predicted molar refractivity (Wildman–Crippen MR) is 65.4 cm³/mol. The summed E-state index contributed by atoms with van der Waals surface area (Å²) in [6, 6.07) is 0.445. The van der Waals surface area contributed by atoms with E-state index in [4.69, 9.17) is 5.73 Å². The highest BCUT2D eigenvalue weighted by Crippen LogP contribution is 2.23. The number of nitrogens with two attached hydrogens (primary N) is 1. The highest BCUT2D eigenvalue weighted by Gasteiger charge is 2.37. The van der Waals surface area contributed by atoms with Gasteiger partial charge < -0.3 is 10.3 Å². The summed E-state index contributed by atoms with van der Waals surface area (Å²) in [6.07, 6.45) is 6.78. The van der Waals surface area contributed by atoms with E-state index in [9.17, 15) is 4.79 Å². The summed E-state index contributed by atoms with van der Waals surface area (Å²) in [7, 11) is 0. The maximum Gasteiger partial charge on any atom is 0.239 e. The van der Waals surface area contributed by atoms with Gasteiger partial charge in [0.2, 0.25) is 5.91 Å². The summed E-state index contributed by atoms with van der Waals surface area (Å²) in [4.78, 5) is 15.9. The molecule has 1 atom stereocenters. The van der Waals surface area contributed by atoms with Crippen LogP contribution in [0.25, 0.3) is 0 Å². The molecule has 3 N–H and O–H groups in total. The number of carbonyl (C=O) groups is 1. The standard InChI is InChI=1S/C12H20N4O/c1-3-10-14-6-7-16(10)8-12(2,11(13)17)15-9-4-5-9/h6-7,9,15H,3-5,8H2,1-2H3,(H2,13,17). The Balaban J connectivity index is 2.14. The maximum atomic E-state index is 11.6. The van der Waals surface area contributed by atoms with Gasteiger partial charge in [0.25, 0.3) is 0 Å². The lowest BCUT2D eigenvalue weighted by molar-refractivity contribution is -0.124. The third-order valence-corrected chi connectivity index (χ3v) is 3.25. The Morgan fingerprint density at radius 3 is 2.94 bits per heavy atom. The molecular weight excluding hydrogens is 216 g/mol. The lowest BCUT2D eigenvalue weighted by Crippen LogP contribution is -2.56. The van der Waals surface area contributed by atoms with Crippen LogP contribution in [-0.2, 0) is 17.8 Å². The average Bonchev–Trinajstić information content (AvgIpc) is 2.95. The number of aromatic nitrogens is 2. The van der Waals surface area contributed by atoms with Gasteiger partial charge in [0.1, 0.15) is 11.4 Å². The van der Waals surface area contributed by atoms with Crippen molar-refractivity contribution in [2.45, 2.75) is 51.2 Å². The molecule has 94 valence electrons. The SMILES string of the molecule is CCc1nccn1CC(C)(NC1CC1)C(N)=O. The van der Waals surface area contributed by atoms with E-state index in [1.807, 2.05) is 17.7 Å². The maximum absolute atomic E-state index is 11.6. The van der Waals surface area contributed by atoms with Gasteiger partial charge in [-0.2, -0.15) is 0 Å². The summed E-state index contributed by atoms with van der Waals surface area (Å²) < 4.78 is 2.00. The Morgan fingerprint density at radius 1 is 1.71 bits per heavy atom. The third-order valence-electron chi connectivity index (χ3n) is 3.25. The lowest BCUT2D eigenvalue weighted by Gasteiger charge is -2.28. The van der Waals surface area contributed by atoms with Crippen molar-refractivity contribution in [3.63, 3.8) is 0 Å². The van der Waals surface area contributed by atoms with Crippen LogP contribution in [0, 0.1) is 0 Å². The molecule has 1 aliphatic carbocycles. The van der Waals surface area contributed by atoms with Crippen LogP contribution in [0.5, 0.6) is 0 Å². The topological polar surface area (TPSA) is 72.9 Å². The number of hydrogen-bond acceptors (Lipinski definition) is 3. The number of aryl methyl sites for hydroxylation is 1. The smallest absolute Gasteiger partial charge is 0.239 e. The average molecular weight is 236 g/mol. The van der Waals surface area contributed by atoms with Crippen molar-refractivity contribution in [3.05, 3.63) is 18.2 Å². The molecular formula is C12H20N4O. The van der Waals surface area contributed by atoms with Crippen LogP contribution in [0.1, 0.15) is 32.5 Å². The van der Waals surface area contributed by atoms with Crippen molar-refractivity contribution >= 4 is 5.91 Å². The van der Waals surface area contributed by atoms with Gasteiger partial charge in [-0.3, -0.25) is 10.1 Å². The Kier molecular flexibility index (Phi) is 3.19. The number of imidazole rings is 1. The predicted octanol–water partition coefficient (Wildman–Crippen LogP) is 0.441. The van der Waals surface area contributed by atoms with Crippen LogP contribution in [0.4, 0.5) is 0 Å². The molecule has 0 saturated heterocycles. The second kappa shape index (κ2) is 4.49. The second-order valence-electron chi connectivity index (χ2n) is 4.94. The zero-order valence-electron chi connectivity index (χ0n) is 10.4. The number of nitrogens with one attached hydrogen (secondary N) is 1. The van der Waals surface area contributed by atoms with Gasteiger partial charge >= 0.3 is 0 Å². The Morgan fingerprint density at radius 2 is 2.41 bits per heavy atom. The van der Waals surface area contributed by atoms with E-state index < -0.39 is 5.54 Å². The first-order valence-corrected chi connectivity index (χ1v) is 6.13. The minimum atomic E-state index is -0.689. The van der Waals surface area contributed by atoms with Crippen LogP contribution < -0.4 is 11.1 Å². The van der Waals surface area contributed by atoms with E-state index in [2.05, 4.69) is 17.2 Å². The first kappa shape index (κ1) is 12.1. The molecule has 5 nitrogen and oxygen atoms in total. The molecule has 1 aromatic rings. The Labute approximate surface area is 101 Å². The monoisotopic (exact) mass is 236 g/mol. The fraction of sp³-hybridized carbons (Fsp3) is 0.667. The first-order valence-electron chi connectivity index (χ1n) is 6.13. The van der Waals surface area contributed by atoms with E-state index in [0.29, 0.717) is 12.6 Å². The summed E-state index contributed by atoms with van der Waals surface area (Å²) in [5.41, 5.74) is 4.83. The number of carbonyl (C=O) groups excluding carboxylic acids is 1. The van der Waals surface area contributed by atoms with Crippen molar-refractivity contribution in [2.24, 2.45) is 5.73 Å². The number of nitrogens with zero attached hydrogens (tertiary/aromatic N) is 2. The van der Waals surface area contributed by atoms with Crippen LogP contribution in [0.3, 0.4) is 0 Å². The molecule has 0 spiro atoms. The normalized spacial score (nSPS) is 18.9. The minimum absolute atomic E-state index is 0.305. The molecule has 2 rings (SSSR count). The number of primary amides is 1. The van der Waals surface area contributed by atoms with Gasteiger partial charge in [0.05, 0.1) is 6.54 Å². The molecule has 1 fully saturated rings. The van der Waals surface area contributed by atoms with Crippen molar-refractivity contribution in [1.82, 2.24) is 14.9 Å². The fourth-order valence-corrected chi connectivity index (χ4v) is 2.01.